The second kappa shape index (κ2) is 5.75. The van der Waals surface area contributed by atoms with Gasteiger partial charge in [0.05, 0.1) is 0 Å². The molecule has 0 spiro atoms. The van der Waals surface area contributed by atoms with Crippen LogP contribution in [0.3, 0.4) is 0 Å². The fraction of sp³-hybridized carbons (Fsp3) is 0.600. The lowest BCUT2D eigenvalue weighted by Gasteiger charge is -2.26. The van der Waals surface area contributed by atoms with Crippen LogP contribution in [-0.4, -0.2) is 23.6 Å². The highest BCUT2D eigenvalue weighted by atomic mass is 35.5. The molecule has 100 valence electrons. The van der Waals surface area contributed by atoms with Gasteiger partial charge in [0.1, 0.15) is 0 Å². The Bertz CT molecular complexity index is 417. The van der Waals surface area contributed by atoms with E-state index >= 15 is 0 Å². The maximum Gasteiger partial charge on any atom is 0.0474 e. The SMILES string of the molecule is Cc1cc(CCl)ccc1N1CCSC(C)(C)CC1. The minimum Gasteiger partial charge on any atom is -0.370 e. The molecular weight excluding hydrogens is 262 g/mol. The molecule has 0 unspecified atom stereocenters. The Kier molecular flexibility index (Phi) is 4.50. The molecule has 0 bridgehead atoms. The molecule has 0 amide bonds. The average Bonchev–Trinajstić information content (AvgIpc) is 2.50. The number of halogens is 1. The summed E-state index contributed by atoms with van der Waals surface area (Å²) in [7, 11) is 0. The van der Waals surface area contributed by atoms with Gasteiger partial charge in [-0.2, -0.15) is 11.8 Å². The number of rotatable bonds is 2. The first-order chi connectivity index (χ1) is 8.52. The van der Waals surface area contributed by atoms with Gasteiger partial charge in [0.2, 0.25) is 0 Å². The van der Waals surface area contributed by atoms with Crippen molar-refractivity contribution >= 4 is 29.1 Å². The zero-order valence-corrected chi connectivity index (χ0v) is 13.1. The van der Waals surface area contributed by atoms with Gasteiger partial charge in [-0.1, -0.05) is 26.0 Å². The average molecular weight is 284 g/mol. The van der Waals surface area contributed by atoms with Crippen molar-refractivity contribution in [3.8, 4) is 0 Å². The van der Waals surface area contributed by atoms with Crippen molar-refractivity contribution in [1.29, 1.82) is 0 Å². The zero-order chi connectivity index (χ0) is 13.2. The van der Waals surface area contributed by atoms with Crippen LogP contribution in [-0.2, 0) is 5.88 Å². The maximum atomic E-state index is 5.88. The third-order valence-corrected chi connectivity index (χ3v) is 5.27. The summed E-state index contributed by atoms with van der Waals surface area (Å²) in [6.07, 6.45) is 1.24. The van der Waals surface area contributed by atoms with Crippen molar-refractivity contribution in [2.75, 3.05) is 23.7 Å². The van der Waals surface area contributed by atoms with Crippen LogP contribution in [0, 0.1) is 6.92 Å². The van der Waals surface area contributed by atoms with Gasteiger partial charge in [-0.25, -0.2) is 0 Å². The number of anilines is 1. The molecule has 1 fully saturated rings. The van der Waals surface area contributed by atoms with Crippen LogP contribution >= 0.6 is 23.4 Å². The molecule has 1 aliphatic rings. The van der Waals surface area contributed by atoms with Crippen molar-refractivity contribution in [3.63, 3.8) is 0 Å². The van der Waals surface area contributed by atoms with Crippen LogP contribution in [0.4, 0.5) is 5.69 Å². The molecule has 0 aliphatic carbocycles. The van der Waals surface area contributed by atoms with Gasteiger partial charge in [0.25, 0.3) is 0 Å². The van der Waals surface area contributed by atoms with E-state index in [1.54, 1.807) is 0 Å². The lowest BCUT2D eigenvalue weighted by Crippen LogP contribution is -2.27. The van der Waals surface area contributed by atoms with Gasteiger partial charge in [0.15, 0.2) is 0 Å². The Hall–Kier alpha value is -0.340. The van der Waals surface area contributed by atoms with Crippen molar-refractivity contribution < 1.29 is 0 Å². The second-order valence-corrected chi connectivity index (χ2v) is 7.67. The lowest BCUT2D eigenvalue weighted by atomic mass is 10.1. The Labute approximate surface area is 120 Å². The van der Waals surface area contributed by atoms with E-state index in [4.69, 9.17) is 11.6 Å². The monoisotopic (exact) mass is 283 g/mol. The van der Waals surface area contributed by atoms with Crippen molar-refractivity contribution in [2.45, 2.75) is 37.8 Å². The molecule has 0 radical (unpaired) electrons. The van der Waals surface area contributed by atoms with Gasteiger partial charge >= 0.3 is 0 Å². The van der Waals surface area contributed by atoms with Crippen LogP contribution in [0.1, 0.15) is 31.4 Å². The molecule has 1 heterocycles. The van der Waals surface area contributed by atoms with Crippen LogP contribution in [0.15, 0.2) is 18.2 Å². The number of hydrogen-bond acceptors (Lipinski definition) is 2. The molecule has 1 aromatic carbocycles. The third kappa shape index (κ3) is 3.36. The number of thioether (sulfide) groups is 1. The molecule has 0 aromatic heterocycles. The highest BCUT2D eigenvalue weighted by molar-refractivity contribution is 8.00. The Morgan fingerprint density at radius 3 is 2.78 bits per heavy atom. The van der Waals surface area contributed by atoms with Crippen LogP contribution in [0.5, 0.6) is 0 Å². The third-order valence-electron chi connectivity index (χ3n) is 3.59. The minimum atomic E-state index is 0.415. The summed E-state index contributed by atoms with van der Waals surface area (Å²) in [5.41, 5.74) is 3.93. The van der Waals surface area contributed by atoms with Gasteiger partial charge in [0, 0.05) is 35.2 Å². The van der Waals surface area contributed by atoms with E-state index in [1.807, 2.05) is 0 Å². The summed E-state index contributed by atoms with van der Waals surface area (Å²) in [5, 5.41) is 0. The number of aryl methyl sites for hydroxylation is 1. The van der Waals surface area contributed by atoms with Crippen LogP contribution < -0.4 is 4.90 Å². The van der Waals surface area contributed by atoms with Crippen LogP contribution in [0.2, 0.25) is 0 Å². The van der Waals surface area contributed by atoms with Crippen molar-refractivity contribution in [3.05, 3.63) is 29.3 Å². The van der Waals surface area contributed by atoms with E-state index < -0.39 is 0 Å². The standard InChI is InChI=1S/C15H22ClNS/c1-12-10-13(11-16)4-5-14(12)17-7-6-15(2,3)18-9-8-17/h4-5,10H,6-9,11H2,1-3H3. The Morgan fingerprint density at radius 1 is 1.33 bits per heavy atom. The molecule has 0 atom stereocenters. The predicted octanol–water partition coefficient (Wildman–Crippen LogP) is 4.46. The largest absolute Gasteiger partial charge is 0.370 e. The summed E-state index contributed by atoms with van der Waals surface area (Å²) in [6, 6.07) is 6.60. The van der Waals surface area contributed by atoms with Gasteiger partial charge in [-0.05, 0) is 30.5 Å². The first-order valence-electron chi connectivity index (χ1n) is 6.56. The van der Waals surface area contributed by atoms with Crippen molar-refractivity contribution in [2.24, 2.45) is 0 Å². The summed E-state index contributed by atoms with van der Waals surface area (Å²) in [4.78, 5) is 2.52. The lowest BCUT2D eigenvalue weighted by molar-refractivity contribution is 0.637. The fourth-order valence-electron chi connectivity index (χ4n) is 2.42. The number of hydrogen-bond donors (Lipinski definition) is 0. The number of alkyl halides is 1. The molecule has 1 aliphatic heterocycles. The van der Waals surface area contributed by atoms with E-state index in [-0.39, 0.29) is 0 Å². The first-order valence-corrected chi connectivity index (χ1v) is 8.08. The highest BCUT2D eigenvalue weighted by Gasteiger charge is 2.24. The van der Waals surface area contributed by atoms with Gasteiger partial charge in [-0.3, -0.25) is 0 Å². The normalized spacial score (nSPS) is 19.7. The first kappa shape index (κ1) is 14.1. The Morgan fingerprint density at radius 2 is 2.11 bits per heavy atom. The summed E-state index contributed by atoms with van der Waals surface area (Å²) in [5.74, 6) is 1.81. The summed E-state index contributed by atoms with van der Waals surface area (Å²) < 4.78 is 0.415. The topological polar surface area (TPSA) is 3.24 Å². The molecule has 0 saturated carbocycles. The summed E-state index contributed by atoms with van der Waals surface area (Å²) in [6.45, 7) is 9.19. The fourth-order valence-corrected chi connectivity index (χ4v) is 3.68. The maximum absolute atomic E-state index is 5.88. The Balaban J connectivity index is 2.16. The molecule has 2 rings (SSSR count). The molecule has 0 N–H and O–H groups in total. The molecule has 1 saturated heterocycles. The highest BCUT2D eigenvalue weighted by Crippen LogP contribution is 2.33. The molecule has 1 aromatic rings. The quantitative estimate of drug-likeness (QED) is 0.738. The van der Waals surface area contributed by atoms with E-state index in [0.717, 1.165) is 13.1 Å². The van der Waals surface area contributed by atoms with E-state index in [2.05, 4.69) is 55.6 Å². The minimum absolute atomic E-state index is 0.415. The predicted molar refractivity (Wildman–Crippen MR) is 84.1 cm³/mol. The number of nitrogens with zero attached hydrogens (tertiary/aromatic N) is 1. The molecule has 1 nitrogen and oxygen atoms in total. The van der Waals surface area contributed by atoms with Crippen LogP contribution in [0.25, 0.3) is 0 Å². The second-order valence-electron chi connectivity index (χ2n) is 5.60. The zero-order valence-electron chi connectivity index (χ0n) is 11.5. The van der Waals surface area contributed by atoms with Crippen molar-refractivity contribution in [1.82, 2.24) is 0 Å². The van der Waals surface area contributed by atoms with E-state index in [0.29, 0.717) is 10.6 Å². The summed E-state index contributed by atoms with van der Waals surface area (Å²) >= 11 is 7.97. The smallest absolute Gasteiger partial charge is 0.0474 e. The van der Waals surface area contributed by atoms with E-state index in [9.17, 15) is 0 Å². The molecular formula is C15H22ClNS. The number of benzene rings is 1. The van der Waals surface area contributed by atoms with Gasteiger partial charge in [-0.15, -0.1) is 11.6 Å². The van der Waals surface area contributed by atoms with Gasteiger partial charge < -0.3 is 4.90 Å². The molecule has 18 heavy (non-hydrogen) atoms. The van der Waals surface area contributed by atoms with E-state index in [1.165, 1.54) is 29.0 Å². The molecule has 3 heteroatoms.